The maximum atomic E-state index is 12.3. The van der Waals surface area contributed by atoms with E-state index in [1.807, 2.05) is 4.90 Å². The Morgan fingerprint density at radius 3 is 2.24 bits per heavy atom. The molecule has 1 aliphatic carbocycles. The number of hydrogen-bond donors (Lipinski definition) is 1. The first-order chi connectivity index (χ1) is 7.91. The van der Waals surface area contributed by atoms with Gasteiger partial charge in [0, 0.05) is 12.6 Å². The molecule has 0 saturated heterocycles. The molecule has 1 rings (SSSR count). The minimum absolute atomic E-state index is 0.168. The lowest BCUT2D eigenvalue weighted by Crippen LogP contribution is -2.46. The number of hydrogen-bond acceptors (Lipinski definition) is 2. The van der Waals surface area contributed by atoms with Crippen molar-refractivity contribution >= 4 is 5.91 Å². The summed E-state index contributed by atoms with van der Waals surface area (Å²) in [5, 5.41) is 0. The van der Waals surface area contributed by atoms with E-state index in [9.17, 15) is 4.79 Å². The second-order valence-corrected chi connectivity index (χ2v) is 6.18. The van der Waals surface area contributed by atoms with Crippen LogP contribution in [-0.4, -0.2) is 29.4 Å². The second-order valence-electron chi connectivity index (χ2n) is 6.18. The molecule has 0 aliphatic heterocycles. The maximum absolute atomic E-state index is 12.3. The Hall–Kier alpha value is -0.570. The number of carbonyl (C=O) groups is 1. The molecule has 2 N–H and O–H groups in total. The van der Waals surface area contributed by atoms with E-state index in [0.29, 0.717) is 17.9 Å². The molecule has 100 valence electrons. The van der Waals surface area contributed by atoms with Crippen LogP contribution in [0.2, 0.25) is 0 Å². The Labute approximate surface area is 106 Å². The number of carbonyl (C=O) groups excluding carboxylic acids is 1. The summed E-state index contributed by atoms with van der Waals surface area (Å²) in [6.07, 6.45) is 4.21. The van der Waals surface area contributed by atoms with Crippen LogP contribution in [-0.2, 0) is 4.79 Å². The van der Waals surface area contributed by atoms with E-state index in [1.54, 1.807) is 0 Å². The Kier molecular flexibility index (Phi) is 5.44. The van der Waals surface area contributed by atoms with Gasteiger partial charge in [-0.1, -0.05) is 27.7 Å². The summed E-state index contributed by atoms with van der Waals surface area (Å²) < 4.78 is 0. The highest BCUT2D eigenvalue weighted by atomic mass is 16.2. The predicted octanol–water partition coefficient (Wildman–Crippen LogP) is 2.40. The zero-order chi connectivity index (χ0) is 13.0. The average molecular weight is 240 g/mol. The first-order valence-corrected chi connectivity index (χ1v) is 6.97. The summed E-state index contributed by atoms with van der Waals surface area (Å²) >= 11 is 0. The molecule has 0 heterocycles. The summed E-state index contributed by atoms with van der Waals surface area (Å²) in [7, 11) is 0. The molecule has 1 amide bonds. The average Bonchev–Trinajstić information content (AvgIpc) is 3.00. The van der Waals surface area contributed by atoms with E-state index in [0.717, 1.165) is 32.2 Å². The summed E-state index contributed by atoms with van der Waals surface area (Å²) in [6.45, 7) is 9.51. The highest BCUT2D eigenvalue weighted by Gasteiger charge is 2.34. The van der Waals surface area contributed by atoms with Crippen LogP contribution in [0.4, 0.5) is 0 Å². The van der Waals surface area contributed by atoms with Gasteiger partial charge >= 0.3 is 0 Å². The third-order valence-electron chi connectivity index (χ3n) is 3.26. The quantitative estimate of drug-likeness (QED) is 0.742. The molecule has 0 aromatic carbocycles. The Bertz CT molecular complexity index is 247. The molecular formula is C14H28N2O. The van der Waals surface area contributed by atoms with Gasteiger partial charge in [0.1, 0.15) is 0 Å². The van der Waals surface area contributed by atoms with Crippen molar-refractivity contribution in [1.82, 2.24) is 4.90 Å². The molecule has 0 aromatic heterocycles. The molecule has 3 nitrogen and oxygen atoms in total. The smallest absolute Gasteiger partial charge is 0.239 e. The topological polar surface area (TPSA) is 46.3 Å². The molecule has 0 radical (unpaired) electrons. The molecule has 3 heteroatoms. The highest BCUT2D eigenvalue weighted by molar-refractivity contribution is 5.82. The zero-order valence-electron chi connectivity index (χ0n) is 11.8. The minimum atomic E-state index is -0.303. The van der Waals surface area contributed by atoms with Crippen molar-refractivity contribution in [2.45, 2.75) is 65.5 Å². The molecule has 0 aromatic rings. The minimum Gasteiger partial charge on any atom is -0.338 e. The van der Waals surface area contributed by atoms with Gasteiger partial charge in [0.05, 0.1) is 6.04 Å². The van der Waals surface area contributed by atoms with Gasteiger partial charge in [-0.05, 0) is 37.5 Å². The van der Waals surface area contributed by atoms with Gasteiger partial charge in [0.2, 0.25) is 5.91 Å². The first kappa shape index (κ1) is 14.5. The van der Waals surface area contributed by atoms with Gasteiger partial charge in [-0.15, -0.1) is 0 Å². The fourth-order valence-corrected chi connectivity index (χ4v) is 2.08. The van der Waals surface area contributed by atoms with Crippen LogP contribution in [0.15, 0.2) is 0 Å². The van der Waals surface area contributed by atoms with E-state index in [2.05, 4.69) is 27.7 Å². The molecule has 1 fully saturated rings. The summed E-state index contributed by atoms with van der Waals surface area (Å²) in [6, 6.07) is 0.183. The molecule has 1 atom stereocenters. The van der Waals surface area contributed by atoms with E-state index in [4.69, 9.17) is 5.73 Å². The first-order valence-electron chi connectivity index (χ1n) is 6.97. The van der Waals surface area contributed by atoms with E-state index >= 15 is 0 Å². The fraction of sp³-hybridized carbons (Fsp3) is 0.929. The van der Waals surface area contributed by atoms with Gasteiger partial charge in [0.15, 0.2) is 0 Å². The van der Waals surface area contributed by atoms with Crippen LogP contribution < -0.4 is 5.73 Å². The molecule has 17 heavy (non-hydrogen) atoms. The summed E-state index contributed by atoms with van der Waals surface area (Å²) in [4.78, 5) is 14.3. The molecule has 0 spiro atoms. The third kappa shape index (κ3) is 5.07. The van der Waals surface area contributed by atoms with Gasteiger partial charge in [0.25, 0.3) is 0 Å². The van der Waals surface area contributed by atoms with Gasteiger partial charge in [-0.3, -0.25) is 4.79 Å². The standard InChI is InChI=1S/C14H28N2O/c1-10(2)7-8-16(12-5-6-12)14(17)13(15)9-11(3)4/h10-13H,5-9,15H2,1-4H3/t13-/m0/s1. The van der Waals surface area contributed by atoms with Crippen LogP contribution >= 0.6 is 0 Å². The molecular weight excluding hydrogens is 212 g/mol. The van der Waals surface area contributed by atoms with E-state index in [-0.39, 0.29) is 11.9 Å². The van der Waals surface area contributed by atoms with Crippen molar-refractivity contribution in [3.8, 4) is 0 Å². The van der Waals surface area contributed by atoms with Gasteiger partial charge < -0.3 is 10.6 Å². The van der Waals surface area contributed by atoms with Crippen LogP contribution in [0.1, 0.15) is 53.4 Å². The lowest BCUT2D eigenvalue weighted by Gasteiger charge is -2.27. The van der Waals surface area contributed by atoms with Crippen LogP contribution in [0, 0.1) is 11.8 Å². The van der Waals surface area contributed by atoms with Crippen LogP contribution in [0.25, 0.3) is 0 Å². The largest absolute Gasteiger partial charge is 0.338 e. The molecule has 0 bridgehead atoms. The number of nitrogens with two attached hydrogens (primary N) is 1. The van der Waals surface area contributed by atoms with Crippen LogP contribution in [0.5, 0.6) is 0 Å². The number of rotatable bonds is 7. The van der Waals surface area contributed by atoms with Crippen molar-refractivity contribution in [3.63, 3.8) is 0 Å². The van der Waals surface area contributed by atoms with E-state index in [1.165, 1.54) is 0 Å². The number of nitrogens with zero attached hydrogens (tertiary/aromatic N) is 1. The van der Waals surface area contributed by atoms with Gasteiger partial charge in [-0.2, -0.15) is 0 Å². The Balaban J connectivity index is 2.48. The summed E-state index contributed by atoms with van der Waals surface area (Å²) in [5.74, 6) is 1.30. The van der Waals surface area contributed by atoms with Crippen molar-refractivity contribution in [3.05, 3.63) is 0 Å². The monoisotopic (exact) mass is 240 g/mol. The predicted molar refractivity (Wildman–Crippen MR) is 71.6 cm³/mol. The SMILES string of the molecule is CC(C)CCN(C(=O)[C@@H](N)CC(C)C)C1CC1. The van der Waals surface area contributed by atoms with Crippen molar-refractivity contribution < 1.29 is 4.79 Å². The molecule has 1 saturated carbocycles. The van der Waals surface area contributed by atoms with Crippen molar-refractivity contribution in [2.24, 2.45) is 17.6 Å². The fourth-order valence-electron chi connectivity index (χ4n) is 2.08. The highest BCUT2D eigenvalue weighted by Crippen LogP contribution is 2.28. The molecule has 1 aliphatic rings. The second kappa shape index (κ2) is 6.39. The van der Waals surface area contributed by atoms with Crippen molar-refractivity contribution in [1.29, 1.82) is 0 Å². The Morgan fingerprint density at radius 2 is 1.82 bits per heavy atom. The maximum Gasteiger partial charge on any atom is 0.239 e. The Morgan fingerprint density at radius 1 is 1.24 bits per heavy atom. The van der Waals surface area contributed by atoms with Crippen LogP contribution in [0.3, 0.4) is 0 Å². The summed E-state index contributed by atoms with van der Waals surface area (Å²) in [5.41, 5.74) is 6.00. The molecule has 0 unspecified atom stereocenters. The van der Waals surface area contributed by atoms with Crippen molar-refractivity contribution in [2.75, 3.05) is 6.54 Å². The van der Waals surface area contributed by atoms with E-state index < -0.39 is 0 Å². The lowest BCUT2D eigenvalue weighted by atomic mass is 10.0. The zero-order valence-corrected chi connectivity index (χ0v) is 11.8. The number of amides is 1. The third-order valence-corrected chi connectivity index (χ3v) is 3.26. The van der Waals surface area contributed by atoms with Gasteiger partial charge in [-0.25, -0.2) is 0 Å². The normalized spacial score (nSPS) is 17.6. The lowest BCUT2D eigenvalue weighted by molar-refractivity contribution is -0.133.